The molecular formula is C14H21FO2. The summed E-state index contributed by atoms with van der Waals surface area (Å²) in [4.78, 5) is 0. The van der Waals surface area contributed by atoms with Gasteiger partial charge in [0.05, 0.1) is 6.10 Å². The predicted octanol–water partition coefficient (Wildman–Crippen LogP) is 2.94. The lowest BCUT2D eigenvalue weighted by atomic mass is 10.1. The molecular weight excluding hydrogens is 219 g/mol. The Bertz CT molecular complexity index is 315. The molecule has 2 nitrogen and oxygen atoms in total. The molecule has 1 N–H and O–H groups in total. The first-order valence-electron chi connectivity index (χ1n) is 6.23. The van der Waals surface area contributed by atoms with Crippen molar-refractivity contribution in [1.82, 2.24) is 0 Å². The van der Waals surface area contributed by atoms with E-state index >= 15 is 0 Å². The van der Waals surface area contributed by atoms with E-state index in [1.165, 1.54) is 6.07 Å². The van der Waals surface area contributed by atoms with E-state index < -0.39 is 6.10 Å². The van der Waals surface area contributed by atoms with Crippen LogP contribution >= 0.6 is 0 Å². The second-order valence-electron chi connectivity index (χ2n) is 4.20. The SMILES string of the molecule is CCCCOCCC(O)Cc1ccccc1F. The summed E-state index contributed by atoms with van der Waals surface area (Å²) < 4.78 is 18.7. The third-order valence-electron chi connectivity index (χ3n) is 2.65. The number of benzene rings is 1. The van der Waals surface area contributed by atoms with Crippen molar-refractivity contribution < 1.29 is 14.2 Å². The third kappa shape index (κ3) is 5.80. The van der Waals surface area contributed by atoms with E-state index in [1.54, 1.807) is 18.2 Å². The maximum absolute atomic E-state index is 13.3. The van der Waals surface area contributed by atoms with Crippen LogP contribution in [0.25, 0.3) is 0 Å². The molecule has 0 aliphatic heterocycles. The Hall–Kier alpha value is -0.930. The number of unbranched alkanes of at least 4 members (excludes halogenated alkanes) is 1. The van der Waals surface area contributed by atoms with Crippen molar-refractivity contribution in [1.29, 1.82) is 0 Å². The van der Waals surface area contributed by atoms with Gasteiger partial charge in [0.15, 0.2) is 0 Å². The molecule has 0 spiro atoms. The summed E-state index contributed by atoms with van der Waals surface area (Å²) in [6.07, 6.45) is 2.52. The molecule has 0 bridgehead atoms. The Morgan fingerprint density at radius 1 is 1.29 bits per heavy atom. The fraction of sp³-hybridized carbons (Fsp3) is 0.571. The zero-order chi connectivity index (χ0) is 12.5. The van der Waals surface area contributed by atoms with Gasteiger partial charge in [0.2, 0.25) is 0 Å². The van der Waals surface area contributed by atoms with Crippen LogP contribution in [0.4, 0.5) is 4.39 Å². The molecule has 1 aromatic rings. The van der Waals surface area contributed by atoms with Gasteiger partial charge in [0.25, 0.3) is 0 Å². The van der Waals surface area contributed by atoms with Gasteiger partial charge in [-0.2, -0.15) is 0 Å². The van der Waals surface area contributed by atoms with Gasteiger partial charge in [-0.05, 0) is 24.5 Å². The van der Waals surface area contributed by atoms with E-state index in [0.717, 1.165) is 19.4 Å². The average Bonchev–Trinajstić information content (AvgIpc) is 2.32. The lowest BCUT2D eigenvalue weighted by Gasteiger charge is -2.11. The Morgan fingerprint density at radius 2 is 2.06 bits per heavy atom. The van der Waals surface area contributed by atoms with Crippen molar-refractivity contribution in [2.24, 2.45) is 0 Å². The van der Waals surface area contributed by atoms with Crippen LogP contribution in [0.15, 0.2) is 24.3 Å². The van der Waals surface area contributed by atoms with Crippen molar-refractivity contribution in [2.45, 2.75) is 38.7 Å². The van der Waals surface area contributed by atoms with Crippen LogP contribution in [-0.2, 0) is 11.2 Å². The highest BCUT2D eigenvalue weighted by Crippen LogP contribution is 2.10. The molecule has 0 radical (unpaired) electrons. The molecule has 0 aromatic heterocycles. The van der Waals surface area contributed by atoms with E-state index in [1.807, 2.05) is 0 Å². The molecule has 0 fully saturated rings. The van der Waals surface area contributed by atoms with E-state index in [4.69, 9.17) is 4.74 Å². The number of ether oxygens (including phenoxy) is 1. The fourth-order valence-electron chi connectivity index (χ4n) is 1.59. The molecule has 0 saturated heterocycles. The molecule has 3 heteroatoms. The lowest BCUT2D eigenvalue weighted by Crippen LogP contribution is -2.14. The first kappa shape index (κ1) is 14.1. The van der Waals surface area contributed by atoms with Crippen LogP contribution in [0.3, 0.4) is 0 Å². The summed E-state index contributed by atoms with van der Waals surface area (Å²) >= 11 is 0. The minimum Gasteiger partial charge on any atom is -0.393 e. The number of aliphatic hydroxyl groups excluding tert-OH is 1. The molecule has 0 amide bonds. The van der Waals surface area contributed by atoms with E-state index in [0.29, 0.717) is 25.0 Å². The molecule has 17 heavy (non-hydrogen) atoms. The Labute approximate surface area is 102 Å². The Balaban J connectivity index is 2.21. The van der Waals surface area contributed by atoms with Gasteiger partial charge in [-0.25, -0.2) is 4.39 Å². The van der Waals surface area contributed by atoms with Crippen molar-refractivity contribution in [3.05, 3.63) is 35.6 Å². The van der Waals surface area contributed by atoms with Gasteiger partial charge in [0.1, 0.15) is 5.82 Å². The topological polar surface area (TPSA) is 29.5 Å². The maximum Gasteiger partial charge on any atom is 0.126 e. The first-order valence-corrected chi connectivity index (χ1v) is 6.23. The molecule has 0 heterocycles. The van der Waals surface area contributed by atoms with Gasteiger partial charge in [-0.3, -0.25) is 0 Å². The number of aliphatic hydroxyl groups is 1. The highest BCUT2D eigenvalue weighted by molar-refractivity contribution is 5.17. The summed E-state index contributed by atoms with van der Waals surface area (Å²) in [5.74, 6) is -0.251. The Kier molecular flexibility index (Phi) is 6.82. The first-order chi connectivity index (χ1) is 8.24. The summed E-state index contributed by atoms with van der Waals surface area (Å²) in [6, 6.07) is 6.55. The second-order valence-corrected chi connectivity index (χ2v) is 4.20. The summed E-state index contributed by atoms with van der Waals surface area (Å²) in [5, 5.41) is 9.74. The molecule has 0 aliphatic carbocycles. The van der Waals surface area contributed by atoms with Crippen molar-refractivity contribution in [3.63, 3.8) is 0 Å². The minimum absolute atomic E-state index is 0.251. The lowest BCUT2D eigenvalue weighted by molar-refractivity contribution is 0.0803. The van der Waals surface area contributed by atoms with Crippen LogP contribution in [0.1, 0.15) is 31.7 Å². The van der Waals surface area contributed by atoms with Crippen molar-refractivity contribution in [2.75, 3.05) is 13.2 Å². The molecule has 1 aromatic carbocycles. The van der Waals surface area contributed by atoms with Gasteiger partial charge in [-0.1, -0.05) is 31.5 Å². The third-order valence-corrected chi connectivity index (χ3v) is 2.65. The van der Waals surface area contributed by atoms with E-state index in [-0.39, 0.29) is 5.82 Å². The maximum atomic E-state index is 13.3. The van der Waals surface area contributed by atoms with Crippen molar-refractivity contribution in [3.8, 4) is 0 Å². The number of hydrogen-bond acceptors (Lipinski definition) is 2. The molecule has 1 rings (SSSR count). The summed E-state index contributed by atoms with van der Waals surface area (Å²) in [7, 11) is 0. The zero-order valence-corrected chi connectivity index (χ0v) is 10.4. The van der Waals surface area contributed by atoms with Gasteiger partial charge in [0, 0.05) is 19.6 Å². The smallest absolute Gasteiger partial charge is 0.126 e. The van der Waals surface area contributed by atoms with Crippen LogP contribution in [0.2, 0.25) is 0 Å². The number of hydrogen-bond donors (Lipinski definition) is 1. The highest BCUT2D eigenvalue weighted by atomic mass is 19.1. The molecule has 1 unspecified atom stereocenters. The standard InChI is InChI=1S/C14H21FO2/c1-2-3-9-17-10-8-13(16)11-12-6-4-5-7-14(12)15/h4-7,13,16H,2-3,8-11H2,1H3. The largest absolute Gasteiger partial charge is 0.393 e. The average molecular weight is 240 g/mol. The normalized spacial score (nSPS) is 12.6. The van der Waals surface area contributed by atoms with E-state index in [9.17, 15) is 9.50 Å². The predicted molar refractivity (Wildman–Crippen MR) is 66.5 cm³/mol. The zero-order valence-electron chi connectivity index (χ0n) is 10.4. The monoisotopic (exact) mass is 240 g/mol. The van der Waals surface area contributed by atoms with Crippen LogP contribution < -0.4 is 0 Å². The minimum atomic E-state index is -0.534. The molecule has 1 atom stereocenters. The Morgan fingerprint density at radius 3 is 2.76 bits per heavy atom. The van der Waals surface area contributed by atoms with E-state index in [2.05, 4.69) is 6.92 Å². The molecule has 0 aliphatic rings. The molecule has 96 valence electrons. The number of rotatable bonds is 8. The van der Waals surface area contributed by atoms with Crippen LogP contribution in [0, 0.1) is 5.82 Å². The quantitative estimate of drug-likeness (QED) is 0.708. The van der Waals surface area contributed by atoms with Gasteiger partial charge < -0.3 is 9.84 Å². The highest BCUT2D eigenvalue weighted by Gasteiger charge is 2.08. The molecule has 0 saturated carbocycles. The fourth-order valence-corrected chi connectivity index (χ4v) is 1.59. The summed E-state index contributed by atoms with van der Waals surface area (Å²) in [6.45, 7) is 3.38. The van der Waals surface area contributed by atoms with Gasteiger partial charge >= 0.3 is 0 Å². The number of halogens is 1. The second kappa shape index (κ2) is 8.20. The van der Waals surface area contributed by atoms with Crippen LogP contribution in [0.5, 0.6) is 0 Å². The van der Waals surface area contributed by atoms with Crippen LogP contribution in [-0.4, -0.2) is 24.4 Å². The van der Waals surface area contributed by atoms with Crippen molar-refractivity contribution >= 4 is 0 Å². The van der Waals surface area contributed by atoms with Gasteiger partial charge in [-0.15, -0.1) is 0 Å². The summed E-state index contributed by atoms with van der Waals surface area (Å²) in [5.41, 5.74) is 0.563.